The van der Waals surface area contributed by atoms with Gasteiger partial charge in [0.05, 0.1) is 5.92 Å². The van der Waals surface area contributed by atoms with Crippen LogP contribution in [0.3, 0.4) is 0 Å². The maximum Gasteiger partial charge on any atom is 0.306 e. The van der Waals surface area contributed by atoms with Crippen LogP contribution in [0.15, 0.2) is 0 Å². The highest BCUT2D eigenvalue weighted by atomic mass is 16.4. The minimum Gasteiger partial charge on any atom is -0.481 e. The number of nitrogens with two attached hydrogens (primary N) is 1. The molecule has 38 heavy (non-hydrogen) atoms. The number of aliphatic carboxylic acids is 1. The van der Waals surface area contributed by atoms with Gasteiger partial charge < -0.3 is 21.5 Å². The lowest BCUT2D eigenvalue weighted by atomic mass is 9.44. The lowest BCUT2D eigenvalue weighted by Crippen LogP contribution is -2.55. The zero-order valence-corrected chi connectivity index (χ0v) is 25.1. The molecule has 4 rings (SSSR count). The lowest BCUT2D eigenvalue weighted by Gasteiger charge is -2.61. The van der Waals surface area contributed by atoms with Crippen LogP contribution < -0.4 is 16.4 Å². The van der Waals surface area contributed by atoms with Gasteiger partial charge in [0, 0.05) is 6.04 Å². The van der Waals surface area contributed by atoms with Gasteiger partial charge in [-0.3, -0.25) is 4.79 Å². The summed E-state index contributed by atoms with van der Waals surface area (Å²) in [6.07, 6.45) is 21.0. The van der Waals surface area contributed by atoms with Gasteiger partial charge in [-0.05, 0) is 156 Å². The standard InChI is InChI=1S/C33H61N3O2/c1-24(31(37)38)9-4-5-10-25-12-14-29-28-13-11-26-23-27(36-22-8-21-35-20-7-6-19-34)15-17-33(26,3)30(28)16-18-32(25,29)2/h24-30,35-36H,4-23,34H2,1-3H3,(H,37,38). The highest BCUT2D eigenvalue weighted by Gasteiger charge is 2.59. The molecule has 4 saturated carbocycles. The van der Waals surface area contributed by atoms with Gasteiger partial charge in [0.1, 0.15) is 0 Å². The SMILES string of the molecule is CC(CCCCC1CCC2C3CCC4CC(NCCCNCCCCN)CCC4(C)C3CCC12C)C(=O)O. The maximum atomic E-state index is 11.2. The summed E-state index contributed by atoms with van der Waals surface area (Å²) >= 11 is 0. The molecule has 4 fully saturated rings. The van der Waals surface area contributed by atoms with Crippen molar-refractivity contribution < 1.29 is 9.90 Å². The van der Waals surface area contributed by atoms with Crippen LogP contribution in [0.25, 0.3) is 0 Å². The van der Waals surface area contributed by atoms with Crippen LogP contribution in [-0.4, -0.2) is 43.3 Å². The van der Waals surface area contributed by atoms with Gasteiger partial charge in [-0.25, -0.2) is 0 Å². The second-order valence-corrected chi connectivity index (χ2v) is 14.5. The van der Waals surface area contributed by atoms with Crippen molar-refractivity contribution in [1.29, 1.82) is 0 Å². The van der Waals surface area contributed by atoms with Crippen LogP contribution in [0.5, 0.6) is 0 Å². The number of carbonyl (C=O) groups is 1. The molecule has 5 N–H and O–H groups in total. The molecule has 0 aromatic carbocycles. The summed E-state index contributed by atoms with van der Waals surface area (Å²) in [4.78, 5) is 11.2. The van der Waals surface area contributed by atoms with Crippen molar-refractivity contribution in [3.8, 4) is 0 Å². The summed E-state index contributed by atoms with van der Waals surface area (Å²) in [5.74, 6) is 3.82. The Morgan fingerprint density at radius 3 is 2.45 bits per heavy atom. The molecule has 4 aliphatic carbocycles. The third-order valence-corrected chi connectivity index (χ3v) is 12.5. The largest absolute Gasteiger partial charge is 0.481 e. The predicted molar refractivity (Wildman–Crippen MR) is 158 cm³/mol. The Hall–Kier alpha value is -0.650. The molecule has 0 spiro atoms. The molecule has 0 aromatic heterocycles. The molecular formula is C33H61N3O2. The summed E-state index contributed by atoms with van der Waals surface area (Å²) in [7, 11) is 0. The van der Waals surface area contributed by atoms with E-state index in [2.05, 4.69) is 24.5 Å². The second-order valence-electron chi connectivity index (χ2n) is 14.5. The van der Waals surface area contributed by atoms with Crippen molar-refractivity contribution in [2.45, 2.75) is 130 Å². The van der Waals surface area contributed by atoms with E-state index in [1.807, 2.05) is 6.92 Å². The van der Waals surface area contributed by atoms with Gasteiger partial charge in [0.2, 0.25) is 0 Å². The van der Waals surface area contributed by atoms with Gasteiger partial charge in [-0.2, -0.15) is 0 Å². The van der Waals surface area contributed by atoms with Gasteiger partial charge in [-0.15, -0.1) is 0 Å². The highest BCUT2D eigenvalue weighted by Crippen LogP contribution is 2.67. The summed E-state index contributed by atoms with van der Waals surface area (Å²) in [5.41, 5.74) is 6.69. The number of rotatable bonds is 15. The average molecular weight is 532 g/mol. The van der Waals surface area contributed by atoms with Crippen LogP contribution in [0.1, 0.15) is 124 Å². The molecule has 9 unspecified atom stereocenters. The lowest BCUT2D eigenvalue weighted by molar-refractivity contribution is -0.141. The normalized spacial score (nSPS) is 39.3. The molecule has 0 amide bonds. The second kappa shape index (κ2) is 13.8. The third kappa shape index (κ3) is 6.79. The minimum absolute atomic E-state index is 0.188. The monoisotopic (exact) mass is 531 g/mol. The molecule has 0 aliphatic heterocycles. The summed E-state index contributed by atoms with van der Waals surface area (Å²) in [6, 6.07) is 0.732. The number of unbranched alkanes of at least 4 members (excludes halogenated alkanes) is 2. The van der Waals surface area contributed by atoms with E-state index in [1.165, 1.54) is 83.5 Å². The van der Waals surface area contributed by atoms with E-state index in [4.69, 9.17) is 5.73 Å². The molecule has 5 nitrogen and oxygen atoms in total. The summed E-state index contributed by atoms with van der Waals surface area (Å²) in [6.45, 7) is 11.4. The van der Waals surface area contributed by atoms with Crippen molar-refractivity contribution in [2.24, 2.45) is 52.1 Å². The number of carboxylic acids is 1. The van der Waals surface area contributed by atoms with Crippen molar-refractivity contribution in [2.75, 3.05) is 26.2 Å². The number of hydrogen-bond acceptors (Lipinski definition) is 4. The van der Waals surface area contributed by atoms with E-state index in [0.29, 0.717) is 10.8 Å². The van der Waals surface area contributed by atoms with Gasteiger partial charge >= 0.3 is 5.97 Å². The number of carboxylic acid groups (broad SMARTS) is 1. The third-order valence-electron chi connectivity index (χ3n) is 12.5. The van der Waals surface area contributed by atoms with E-state index >= 15 is 0 Å². The summed E-state index contributed by atoms with van der Waals surface area (Å²) in [5, 5.41) is 16.7. The fourth-order valence-corrected chi connectivity index (χ4v) is 10.0. The first-order valence-corrected chi connectivity index (χ1v) is 16.7. The molecule has 0 aromatic rings. The number of nitrogens with one attached hydrogen (secondary N) is 2. The van der Waals surface area contributed by atoms with E-state index in [0.717, 1.165) is 81.1 Å². The first kappa shape index (κ1) is 30.3. The first-order valence-electron chi connectivity index (χ1n) is 16.7. The van der Waals surface area contributed by atoms with Crippen molar-refractivity contribution in [3.63, 3.8) is 0 Å². The fourth-order valence-electron chi connectivity index (χ4n) is 10.0. The topological polar surface area (TPSA) is 87.4 Å². The molecule has 220 valence electrons. The Morgan fingerprint density at radius 1 is 0.895 bits per heavy atom. The zero-order chi connectivity index (χ0) is 27.2. The quantitative estimate of drug-likeness (QED) is 0.179. The maximum absolute atomic E-state index is 11.2. The molecule has 5 heteroatoms. The molecule has 0 bridgehead atoms. The Kier molecular flexibility index (Phi) is 11.0. The average Bonchev–Trinajstić information content (AvgIpc) is 3.24. The van der Waals surface area contributed by atoms with Gasteiger partial charge in [0.15, 0.2) is 0 Å². The van der Waals surface area contributed by atoms with Crippen LogP contribution >= 0.6 is 0 Å². The predicted octanol–water partition coefficient (Wildman–Crippen LogP) is 6.60. The highest BCUT2D eigenvalue weighted by molar-refractivity contribution is 5.69. The van der Waals surface area contributed by atoms with E-state index in [1.54, 1.807) is 0 Å². The Balaban J connectivity index is 1.22. The van der Waals surface area contributed by atoms with Crippen LogP contribution in [0.4, 0.5) is 0 Å². The molecular weight excluding hydrogens is 470 g/mol. The first-order chi connectivity index (χ1) is 18.3. The molecule has 9 atom stereocenters. The summed E-state index contributed by atoms with van der Waals surface area (Å²) < 4.78 is 0. The molecule has 0 heterocycles. The Morgan fingerprint density at radius 2 is 1.66 bits per heavy atom. The fraction of sp³-hybridized carbons (Fsp3) is 0.970. The van der Waals surface area contributed by atoms with E-state index in [9.17, 15) is 9.90 Å². The minimum atomic E-state index is -0.632. The van der Waals surface area contributed by atoms with Crippen molar-refractivity contribution in [1.82, 2.24) is 10.6 Å². The molecule has 0 saturated heterocycles. The van der Waals surface area contributed by atoms with E-state index in [-0.39, 0.29) is 5.92 Å². The van der Waals surface area contributed by atoms with Gasteiger partial charge in [0.25, 0.3) is 0 Å². The van der Waals surface area contributed by atoms with Crippen LogP contribution in [0.2, 0.25) is 0 Å². The zero-order valence-electron chi connectivity index (χ0n) is 25.1. The Labute approximate surface area is 234 Å². The van der Waals surface area contributed by atoms with Gasteiger partial charge in [-0.1, -0.05) is 33.6 Å². The number of fused-ring (bicyclic) bond motifs is 5. The van der Waals surface area contributed by atoms with Crippen molar-refractivity contribution >= 4 is 5.97 Å². The molecule has 4 aliphatic rings. The number of hydrogen-bond donors (Lipinski definition) is 4. The smallest absolute Gasteiger partial charge is 0.306 e. The van der Waals surface area contributed by atoms with Crippen molar-refractivity contribution in [3.05, 3.63) is 0 Å². The van der Waals surface area contributed by atoms with Crippen LogP contribution in [0, 0.1) is 46.3 Å². The van der Waals surface area contributed by atoms with Crippen LogP contribution in [-0.2, 0) is 4.79 Å². The molecule has 0 radical (unpaired) electrons. The Bertz CT molecular complexity index is 746. The van der Waals surface area contributed by atoms with E-state index < -0.39 is 5.97 Å².